The van der Waals surface area contributed by atoms with Crippen molar-refractivity contribution in [3.63, 3.8) is 0 Å². The number of hydroxylamine groups is 2. The average molecular weight is 241 g/mol. The first kappa shape index (κ1) is 11.8. The van der Waals surface area contributed by atoms with Gasteiger partial charge in [-0.3, -0.25) is 0 Å². The molecule has 0 unspecified atom stereocenters. The van der Waals surface area contributed by atoms with Crippen LogP contribution >= 0.6 is 12.2 Å². The molecule has 0 aromatic rings. The van der Waals surface area contributed by atoms with Gasteiger partial charge in [-0.05, 0) is 39.9 Å². The predicted molar refractivity (Wildman–Crippen MR) is 65.4 cm³/mol. The number of hydrogen-bond acceptors (Lipinski definition) is 3. The highest BCUT2D eigenvalue weighted by Gasteiger charge is 2.51. The molecular weight excluding hydrogens is 224 g/mol. The largest absolute Gasteiger partial charge is 0.360 e. The first-order chi connectivity index (χ1) is 7.27. The van der Waals surface area contributed by atoms with Crippen LogP contribution in [0.4, 0.5) is 0 Å². The van der Waals surface area contributed by atoms with Crippen LogP contribution in [-0.2, 0) is 5.21 Å². The maximum atomic E-state index is 12.1. The number of thiocarbonyl (C=S) groups is 1. The van der Waals surface area contributed by atoms with Crippen molar-refractivity contribution in [2.45, 2.75) is 38.9 Å². The first-order valence-corrected chi connectivity index (χ1v) is 5.81. The van der Waals surface area contributed by atoms with E-state index in [4.69, 9.17) is 12.2 Å². The van der Waals surface area contributed by atoms with Crippen LogP contribution in [0.1, 0.15) is 27.7 Å². The molecule has 1 radical (unpaired) electrons. The normalized spacial score (nSPS) is 28.2. The summed E-state index contributed by atoms with van der Waals surface area (Å²) in [6.07, 6.45) is 0. The van der Waals surface area contributed by atoms with E-state index in [1.807, 2.05) is 32.6 Å². The summed E-state index contributed by atoms with van der Waals surface area (Å²) in [7, 11) is 0. The van der Waals surface area contributed by atoms with Crippen molar-refractivity contribution in [3.8, 4) is 0 Å². The van der Waals surface area contributed by atoms with Gasteiger partial charge < -0.3 is 10.2 Å². The second-order valence-electron chi connectivity index (χ2n) is 5.17. The molecule has 0 aliphatic carbocycles. The molecule has 2 rings (SSSR count). The summed E-state index contributed by atoms with van der Waals surface area (Å²) in [4.78, 5) is 6.44. The van der Waals surface area contributed by atoms with E-state index in [2.05, 4.69) is 10.3 Å². The highest BCUT2D eigenvalue weighted by atomic mass is 32.1. The lowest BCUT2D eigenvalue weighted by atomic mass is 10.0. The van der Waals surface area contributed by atoms with Gasteiger partial charge in [-0.1, -0.05) is 0 Å². The Balaban J connectivity index is 2.37. The van der Waals surface area contributed by atoms with Gasteiger partial charge >= 0.3 is 0 Å². The molecule has 2 aliphatic heterocycles. The van der Waals surface area contributed by atoms with Crippen molar-refractivity contribution in [3.05, 3.63) is 0 Å². The Morgan fingerprint density at radius 2 is 2.00 bits per heavy atom. The van der Waals surface area contributed by atoms with Crippen LogP contribution in [0.15, 0.2) is 4.99 Å². The fourth-order valence-electron chi connectivity index (χ4n) is 2.28. The Bertz CT molecular complexity index is 364. The highest BCUT2D eigenvalue weighted by molar-refractivity contribution is 7.80. The van der Waals surface area contributed by atoms with E-state index in [0.717, 1.165) is 24.0 Å². The molecule has 89 valence electrons. The summed E-state index contributed by atoms with van der Waals surface area (Å²) in [5.41, 5.74) is -1.34. The van der Waals surface area contributed by atoms with E-state index in [1.165, 1.54) is 0 Å². The van der Waals surface area contributed by atoms with Crippen LogP contribution in [0.5, 0.6) is 0 Å². The molecule has 6 heteroatoms. The van der Waals surface area contributed by atoms with Gasteiger partial charge in [0.15, 0.2) is 5.11 Å². The quantitative estimate of drug-likeness (QED) is 0.636. The minimum absolute atomic E-state index is 0.625. The van der Waals surface area contributed by atoms with Crippen molar-refractivity contribution < 1.29 is 5.21 Å². The lowest BCUT2D eigenvalue weighted by Gasteiger charge is -2.33. The van der Waals surface area contributed by atoms with Crippen molar-refractivity contribution in [1.82, 2.24) is 15.3 Å². The number of nitrogens with zero attached hydrogens (tertiary/aromatic N) is 3. The molecule has 1 saturated heterocycles. The van der Waals surface area contributed by atoms with Gasteiger partial charge in [0.25, 0.3) is 0 Å². The van der Waals surface area contributed by atoms with Crippen LogP contribution < -0.4 is 5.32 Å². The van der Waals surface area contributed by atoms with Crippen LogP contribution in [0.25, 0.3) is 0 Å². The number of rotatable bonds is 0. The van der Waals surface area contributed by atoms with Crippen LogP contribution in [-0.4, -0.2) is 45.2 Å². The smallest absolute Gasteiger partial charge is 0.174 e. The van der Waals surface area contributed by atoms with Gasteiger partial charge in [-0.2, -0.15) is 0 Å². The molecule has 1 N–H and O–H groups in total. The number of aliphatic imine (C=N–C) groups is 1. The van der Waals surface area contributed by atoms with E-state index < -0.39 is 11.2 Å². The SMILES string of the molecule is CC1(C)N=C(N2CCNC2=S)C(C)(C)N1[O]. The molecule has 5 nitrogen and oxygen atoms in total. The summed E-state index contributed by atoms with van der Waals surface area (Å²) in [6.45, 7) is 9.00. The minimum atomic E-state index is -0.711. The van der Waals surface area contributed by atoms with Crippen molar-refractivity contribution in [2.24, 2.45) is 4.99 Å². The standard InChI is InChI=1S/C10H17N4OS/c1-9(2)7(12-10(3,4)14(9)15)13-6-5-11-8(13)16/h5-6H2,1-4H3,(H,11,16). The Morgan fingerprint density at radius 1 is 1.38 bits per heavy atom. The Hall–Kier alpha value is -0.720. The fourth-order valence-corrected chi connectivity index (χ4v) is 2.56. The predicted octanol–water partition coefficient (Wildman–Crippen LogP) is 0.751. The minimum Gasteiger partial charge on any atom is -0.360 e. The van der Waals surface area contributed by atoms with Gasteiger partial charge in [0.05, 0.1) is 0 Å². The van der Waals surface area contributed by atoms with Gasteiger partial charge in [-0.15, -0.1) is 10.3 Å². The third-order valence-corrected chi connectivity index (χ3v) is 3.41. The molecule has 0 spiro atoms. The van der Waals surface area contributed by atoms with Gasteiger partial charge in [0.1, 0.15) is 17.0 Å². The summed E-state index contributed by atoms with van der Waals surface area (Å²) < 4.78 is 0. The van der Waals surface area contributed by atoms with E-state index in [1.54, 1.807) is 0 Å². The Kier molecular flexibility index (Phi) is 2.49. The van der Waals surface area contributed by atoms with Crippen molar-refractivity contribution >= 4 is 23.2 Å². The van der Waals surface area contributed by atoms with Crippen molar-refractivity contribution in [1.29, 1.82) is 0 Å². The van der Waals surface area contributed by atoms with Crippen LogP contribution in [0, 0.1) is 0 Å². The summed E-state index contributed by atoms with van der Waals surface area (Å²) >= 11 is 5.21. The highest BCUT2D eigenvalue weighted by Crippen LogP contribution is 2.34. The molecule has 0 saturated carbocycles. The third-order valence-electron chi connectivity index (χ3n) is 3.04. The Labute approximate surface area is 101 Å². The molecule has 16 heavy (non-hydrogen) atoms. The number of hydrogen-bond donors (Lipinski definition) is 1. The first-order valence-electron chi connectivity index (χ1n) is 5.40. The summed E-state index contributed by atoms with van der Waals surface area (Å²) in [6, 6.07) is 0. The molecule has 0 bridgehead atoms. The van der Waals surface area contributed by atoms with Gasteiger partial charge in [0.2, 0.25) is 0 Å². The Morgan fingerprint density at radius 3 is 2.38 bits per heavy atom. The monoisotopic (exact) mass is 241 g/mol. The molecule has 2 heterocycles. The van der Waals surface area contributed by atoms with E-state index in [9.17, 15) is 5.21 Å². The third kappa shape index (κ3) is 1.52. The second kappa shape index (κ2) is 3.38. The molecular formula is C10H17N4OS. The zero-order valence-electron chi connectivity index (χ0n) is 10.1. The molecule has 0 amide bonds. The number of nitrogens with one attached hydrogen (secondary N) is 1. The lowest BCUT2D eigenvalue weighted by Crippen LogP contribution is -2.53. The van der Waals surface area contributed by atoms with Gasteiger partial charge in [-0.25, -0.2) is 4.99 Å². The van der Waals surface area contributed by atoms with Gasteiger partial charge in [0, 0.05) is 13.1 Å². The maximum absolute atomic E-state index is 12.1. The van der Waals surface area contributed by atoms with E-state index >= 15 is 0 Å². The zero-order valence-corrected chi connectivity index (χ0v) is 10.9. The molecule has 2 aliphatic rings. The lowest BCUT2D eigenvalue weighted by molar-refractivity contribution is -0.241. The second-order valence-corrected chi connectivity index (χ2v) is 5.55. The molecule has 1 fully saturated rings. The van der Waals surface area contributed by atoms with E-state index in [0.29, 0.717) is 5.11 Å². The average Bonchev–Trinajstić information content (AvgIpc) is 2.64. The fraction of sp³-hybridized carbons (Fsp3) is 0.800. The number of amidine groups is 1. The zero-order chi connectivity index (χ0) is 12.1. The molecule has 0 aromatic carbocycles. The van der Waals surface area contributed by atoms with Crippen molar-refractivity contribution in [2.75, 3.05) is 13.1 Å². The van der Waals surface area contributed by atoms with Crippen LogP contribution in [0.2, 0.25) is 0 Å². The van der Waals surface area contributed by atoms with Crippen LogP contribution in [0.3, 0.4) is 0 Å². The summed E-state index contributed by atoms with van der Waals surface area (Å²) in [5.74, 6) is 0.766. The van der Waals surface area contributed by atoms with E-state index in [-0.39, 0.29) is 0 Å². The summed E-state index contributed by atoms with van der Waals surface area (Å²) in [5, 5.41) is 16.9. The molecule has 0 aromatic heterocycles. The maximum Gasteiger partial charge on any atom is 0.174 e. The molecule has 0 atom stereocenters. The topological polar surface area (TPSA) is 50.8 Å².